The largest absolute Gasteiger partial charge is 0.356 e. The van der Waals surface area contributed by atoms with Crippen LogP contribution < -0.4 is 10.2 Å². The highest BCUT2D eigenvalue weighted by molar-refractivity contribution is 7.90. The van der Waals surface area contributed by atoms with E-state index in [4.69, 9.17) is 0 Å². The summed E-state index contributed by atoms with van der Waals surface area (Å²) >= 11 is 0. The van der Waals surface area contributed by atoms with Gasteiger partial charge < -0.3 is 10.2 Å². The van der Waals surface area contributed by atoms with Gasteiger partial charge in [0.25, 0.3) is 21.8 Å². The molecule has 1 aromatic carbocycles. The van der Waals surface area contributed by atoms with Crippen molar-refractivity contribution >= 4 is 27.7 Å². The van der Waals surface area contributed by atoms with E-state index < -0.39 is 27.9 Å². The van der Waals surface area contributed by atoms with Crippen molar-refractivity contribution in [2.45, 2.75) is 50.6 Å². The van der Waals surface area contributed by atoms with Crippen LogP contribution in [-0.4, -0.2) is 48.7 Å². The Labute approximate surface area is 182 Å². The number of fused-ring (bicyclic) bond motifs is 1. The number of carbonyl (C=O) groups excluding carboxylic acids is 2. The first-order valence-corrected chi connectivity index (χ1v) is 11.9. The molecule has 2 amide bonds. The topological polar surface area (TPSA) is 99.7 Å². The maximum Gasteiger partial charge on any atom is 0.269 e. The number of anilines is 1. The predicted octanol–water partition coefficient (Wildman–Crippen LogP) is 2.55. The van der Waals surface area contributed by atoms with Gasteiger partial charge in [0.2, 0.25) is 0 Å². The molecule has 1 saturated heterocycles. The zero-order valence-electron chi connectivity index (χ0n) is 17.7. The summed E-state index contributed by atoms with van der Waals surface area (Å²) in [6, 6.07) is 7.46. The second kappa shape index (κ2) is 8.30. The van der Waals surface area contributed by atoms with Crippen molar-refractivity contribution in [2.24, 2.45) is 0 Å². The first-order valence-electron chi connectivity index (χ1n) is 10.5. The smallest absolute Gasteiger partial charge is 0.269 e. The molecule has 0 atom stereocenters. The van der Waals surface area contributed by atoms with E-state index in [1.807, 2.05) is 12.1 Å². The Balaban J connectivity index is 1.53. The van der Waals surface area contributed by atoms with Crippen LogP contribution >= 0.6 is 0 Å². The van der Waals surface area contributed by atoms with Gasteiger partial charge in [-0.2, -0.15) is 0 Å². The number of benzene rings is 1. The number of rotatable bonds is 5. The van der Waals surface area contributed by atoms with Gasteiger partial charge in [0.1, 0.15) is 10.7 Å². The molecule has 0 saturated carbocycles. The Morgan fingerprint density at radius 1 is 1.16 bits per heavy atom. The molecule has 164 valence electrons. The Morgan fingerprint density at radius 3 is 2.61 bits per heavy atom. The van der Waals surface area contributed by atoms with Crippen molar-refractivity contribution in [1.29, 1.82) is 0 Å². The number of amides is 2. The molecule has 0 bridgehead atoms. The van der Waals surface area contributed by atoms with E-state index in [2.05, 4.69) is 15.2 Å². The number of hydrogen-bond acceptors (Lipinski definition) is 6. The van der Waals surface area contributed by atoms with Crippen molar-refractivity contribution in [3.8, 4) is 0 Å². The van der Waals surface area contributed by atoms with Gasteiger partial charge in [0.15, 0.2) is 0 Å². The van der Waals surface area contributed by atoms with Crippen LogP contribution in [0.2, 0.25) is 0 Å². The third-order valence-corrected chi connectivity index (χ3v) is 7.64. The summed E-state index contributed by atoms with van der Waals surface area (Å²) in [5.41, 5.74) is 1.21. The second-order valence-electron chi connectivity index (χ2n) is 8.13. The molecule has 1 fully saturated rings. The molecule has 2 aliphatic rings. The van der Waals surface area contributed by atoms with Crippen LogP contribution in [0.15, 0.2) is 41.4 Å². The van der Waals surface area contributed by atoms with Gasteiger partial charge in [0, 0.05) is 43.0 Å². The zero-order chi connectivity index (χ0) is 22.2. The zero-order valence-corrected chi connectivity index (χ0v) is 18.5. The van der Waals surface area contributed by atoms with Crippen molar-refractivity contribution in [1.82, 2.24) is 14.6 Å². The molecule has 0 aliphatic carbocycles. The average Bonchev–Trinajstić information content (AvgIpc) is 2.97. The number of hydrogen-bond donors (Lipinski definition) is 1. The molecule has 8 nitrogen and oxygen atoms in total. The lowest BCUT2D eigenvalue weighted by atomic mass is 10.1. The molecule has 2 aromatic rings. The van der Waals surface area contributed by atoms with Gasteiger partial charge >= 0.3 is 0 Å². The van der Waals surface area contributed by atoms with Crippen LogP contribution in [0.1, 0.15) is 59.4 Å². The molecule has 31 heavy (non-hydrogen) atoms. The van der Waals surface area contributed by atoms with Crippen molar-refractivity contribution < 1.29 is 18.0 Å². The molecular formula is C22H26N4O4S. The molecule has 0 radical (unpaired) electrons. The Morgan fingerprint density at radius 2 is 1.90 bits per heavy atom. The lowest BCUT2D eigenvalue weighted by Gasteiger charge is -2.29. The monoisotopic (exact) mass is 442 g/mol. The van der Waals surface area contributed by atoms with E-state index in [1.165, 1.54) is 24.6 Å². The summed E-state index contributed by atoms with van der Waals surface area (Å²) in [6.07, 6.45) is 5.21. The van der Waals surface area contributed by atoms with Crippen molar-refractivity contribution in [3.63, 3.8) is 0 Å². The summed E-state index contributed by atoms with van der Waals surface area (Å²) in [5, 5.41) is 2.86. The van der Waals surface area contributed by atoms with E-state index in [-0.39, 0.29) is 22.6 Å². The number of aromatic nitrogens is 1. The van der Waals surface area contributed by atoms with Crippen LogP contribution in [-0.2, 0) is 16.6 Å². The van der Waals surface area contributed by atoms with Crippen LogP contribution in [0, 0.1) is 0 Å². The van der Waals surface area contributed by atoms with E-state index in [1.54, 1.807) is 20.0 Å². The van der Waals surface area contributed by atoms with Crippen LogP contribution in [0.4, 0.5) is 5.82 Å². The fourth-order valence-corrected chi connectivity index (χ4v) is 5.93. The third-order valence-electron chi connectivity index (χ3n) is 5.64. The van der Waals surface area contributed by atoms with Gasteiger partial charge in [0.05, 0.1) is 5.56 Å². The lowest BCUT2D eigenvalue weighted by Crippen LogP contribution is -2.36. The number of piperidine rings is 1. The fourth-order valence-electron chi connectivity index (χ4n) is 4.14. The lowest BCUT2D eigenvalue weighted by molar-refractivity contribution is 0.0845. The first kappa shape index (κ1) is 21.3. The van der Waals surface area contributed by atoms with Crippen LogP contribution in [0.5, 0.6) is 0 Å². The average molecular weight is 443 g/mol. The van der Waals surface area contributed by atoms with E-state index >= 15 is 0 Å². The predicted molar refractivity (Wildman–Crippen MR) is 116 cm³/mol. The van der Waals surface area contributed by atoms with Gasteiger partial charge in [-0.25, -0.2) is 17.7 Å². The summed E-state index contributed by atoms with van der Waals surface area (Å²) in [6.45, 7) is 5.45. The number of pyridine rings is 1. The normalized spacial score (nSPS) is 17.7. The fraction of sp³-hybridized carbons (Fsp3) is 0.409. The Bertz CT molecular complexity index is 1120. The highest BCUT2D eigenvalue weighted by atomic mass is 32.2. The summed E-state index contributed by atoms with van der Waals surface area (Å²) in [5.74, 6) is -0.0856. The molecule has 3 heterocycles. The minimum Gasteiger partial charge on any atom is -0.356 e. The van der Waals surface area contributed by atoms with E-state index in [0.29, 0.717) is 0 Å². The minimum atomic E-state index is -3.95. The van der Waals surface area contributed by atoms with Crippen LogP contribution in [0.25, 0.3) is 0 Å². The van der Waals surface area contributed by atoms with Gasteiger partial charge in [-0.3, -0.25) is 9.59 Å². The Hall–Kier alpha value is -2.94. The quantitative estimate of drug-likeness (QED) is 0.764. The maximum absolute atomic E-state index is 12.8. The van der Waals surface area contributed by atoms with Gasteiger partial charge in [-0.05, 0) is 57.4 Å². The molecule has 0 unspecified atom stereocenters. The molecule has 9 heteroatoms. The standard InChI is InChI=1S/C22H26N4O4S/c1-15(2)26-22(28)18-9-8-16(13-19(18)31(26,29)30)21(27)24-14-17-7-6-10-23-20(17)25-11-4-3-5-12-25/h6-10,13,15H,3-5,11-12,14H2,1-2H3,(H,24,27). The van der Waals surface area contributed by atoms with Crippen molar-refractivity contribution in [3.05, 3.63) is 53.2 Å². The highest BCUT2D eigenvalue weighted by Crippen LogP contribution is 2.32. The Kier molecular flexibility index (Phi) is 5.70. The minimum absolute atomic E-state index is 0.102. The number of nitrogens with one attached hydrogen (secondary N) is 1. The van der Waals surface area contributed by atoms with E-state index in [0.717, 1.165) is 41.6 Å². The summed E-state index contributed by atoms with van der Waals surface area (Å²) in [4.78, 5) is 31.9. The van der Waals surface area contributed by atoms with Gasteiger partial charge in [-0.15, -0.1) is 0 Å². The maximum atomic E-state index is 12.8. The number of sulfonamides is 1. The molecule has 0 spiro atoms. The highest BCUT2D eigenvalue weighted by Gasteiger charge is 2.42. The van der Waals surface area contributed by atoms with Gasteiger partial charge in [-0.1, -0.05) is 6.07 Å². The molecular weight excluding hydrogens is 416 g/mol. The third kappa shape index (κ3) is 3.89. The molecule has 1 N–H and O–H groups in total. The summed E-state index contributed by atoms with van der Waals surface area (Å²) in [7, 11) is -3.95. The molecule has 2 aliphatic heterocycles. The number of nitrogens with zero attached hydrogens (tertiary/aromatic N) is 3. The SMILES string of the molecule is CC(C)N1C(=O)c2ccc(C(=O)NCc3cccnc3N3CCCCC3)cc2S1(=O)=O. The van der Waals surface area contributed by atoms with Crippen molar-refractivity contribution in [2.75, 3.05) is 18.0 Å². The first-order chi connectivity index (χ1) is 14.8. The molecule has 1 aromatic heterocycles. The summed E-state index contributed by atoms with van der Waals surface area (Å²) < 4.78 is 26.4. The van der Waals surface area contributed by atoms with Crippen LogP contribution in [0.3, 0.4) is 0 Å². The molecule has 4 rings (SSSR count). The second-order valence-corrected chi connectivity index (χ2v) is 9.91. The van der Waals surface area contributed by atoms with E-state index in [9.17, 15) is 18.0 Å². The number of carbonyl (C=O) groups is 2.